The van der Waals surface area contributed by atoms with E-state index >= 15 is 0 Å². The summed E-state index contributed by atoms with van der Waals surface area (Å²) in [6.45, 7) is 9.42. The maximum absolute atomic E-state index is 13.4. The zero-order valence-electron chi connectivity index (χ0n) is 23.8. The average Bonchev–Trinajstić information content (AvgIpc) is 2.92. The van der Waals surface area contributed by atoms with E-state index in [9.17, 15) is 19.2 Å². The Morgan fingerprint density at radius 3 is 2.31 bits per heavy atom. The summed E-state index contributed by atoms with van der Waals surface area (Å²) in [5.41, 5.74) is 0.881. The fourth-order valence-electron chi connectivity index (χ4n) is 4.87. The zero-order chi connectivity index (χ0) is 28.5. The van der Waals surface area contributed by atoms with Crippen LogP contribution in [0.1, 0.15) is 72.3 Å². The molecule has 0 spiro atoms. The summed E-state index contributed by atoms with van der Waals surface area (Å²) in [5, 5.41) is 10.5. The van der Waals surface area contributed by atoms with Crippen LogP contribution in [0.3, 0.4) is 0 Å². The van der Waals surface area contributed by atoms with Crippen molar-refractivity contribution in [2.45, 2.75) is 97.4 Å². The van der Waals surface area contributed by atoms with Crippen molar-refractivity contribution >= 4 is 34.5 Å². The van der Waals surface area contributed by atoms with E-state index < -0.39 is 42.0 Å². The van der Waals surface area contributed by atoms with E-state index in [0.29, 0.717) is 6.42 Å². The van der Waals surface area contributed by atoms with Gasteiger partial charge in [0, 0.05) is 6.42 Å². The van der Waals surface area contributed by atoms with E-state index in [1.165, 1.54) is 0 Å². The Morgan fingerprint density at radius 2 is 1.62 bits per heavy atom. The molecule has 0 aromatic heterocycles. The molecular formula is C31H43N3O5. The summed E-state index contributed by atoms with van der Waals surface area (Å²) >= 11 is 0. The van der Waals surface area contributed by atoms with Crippen LogP contribution in [-0.4, -0.2) is 47.9 Å². The minimum atomic E-state index is -0.909. The number of nitrogens with one attached hydrogen (secondary N) is 3. The second-order valence-electron chi connectivity index (χ2n) is 10.9. The molecular weight excluding hydrogens is 494 g/mol. The van der Waals surface area contributed by atoms with Crippen LogP contribution < -0.4 is 16.0 Å². The number of carbonyl (C=O) groups excluding carboxylic acids is 4. The molecule has 0 aliphatic carbocycles. The van der Waals surface area contributed by atoms with Crippen molar-refractivity contribution < 1.29 is 23.9 Å². The summed E-state index contributed by atoms with van der Waals surface area (Å²) < 4.78 is 5.92. The molecule has 39 heavy (non-hydrogen) atoms. The molecule has 1 aliphatic rings. The summed E-state index contributed by atoms with van der Waals surface area (Å²) in [5.74, 6) is -2.11. The van der Waals surface area contributed by atoms with Gasteiger partial charge in [0.25, 0.3) is 0 Å². The Hall–Kier alpha value is -3.42. The normalized spacial score (nSPS) is 24.7. The first-order valence-electron chi connectivity index (χ1n) is 14.2. The monoisotopic (exact) mass is 537 g/mol. The molecule has 0 saturated carbocycles. The number of amides is 3. The highest BCUT2D eigenvalue weighted by Crippen LogP contribution is 2.22. The van der Waals surface area contributed by atoms with E-state index in [0.717, 1.165) is 35.6 Å². The van der Waals surface area contributed by atoms with Gasteiger partial charge >= 0.3 is 5.97 Å². The Morgan fingerprint density at radius 1 is 0.897 bits per heavy atom. The molecule has 1 aliphatic heterocycles. The number of fused-ring (bicyclic) bond motifs is 1. The van der Waals surface area contributed by atoms with Crippen LogP contribution in [-0.2, 0) is 30.3 Å². The third kappa shape index (κ3) is 8.28. The van der Waals surface area contributed by atoms with Gasteiger partial charge in [0.15, 0.2) is 0 Å². The zero-order valence-corrected chi connectivity index (χ0v) is 23.8. The highest BCUT2D eigenvalue weighted by molar-refractivity contribution is 5.94. The highest BCUT2D eigenvalue weighted by Gasteiger charge is 2.35. The Balaban J connectivity index is 1.92. The average molecular weight is 538 g/mol. The van der Waals surface area contributed by atoms with Gasteiger partial charge in [0.05, 0.1) is 6.42 Å². The molecule has 1 saturated heterocycles. The molecule has 1 fully saturated rings. The molecule has 1 heterocycles. The maximum Gasteiger partial charge on any atom is 0.329 e. The van der Waals surface area contributed by atoms with Gasteiger partial charge in [-0.2, -0.15) is 0 Å². The Kier molecular flexibility index (Phi) is 10.9. The van der Waals surface area contributed by atoms with Crippen molar-refractivity contribution in [3.8, 4) is 0 Å². The van der Waals surface area contributed by atoms with Crippen molar-refractivity contribution in [2.75, 3.05) is 0 Å². The molecule has 8 heteroatoms. The topological polar surface area (TPSA) is 114 Å². The molecule has 0 radical (unpaired) electrons. The number of carbonyl (C=O) groups is 4. The first kappa shape index (κ1) is 30.1. The number of cyclic esters (lactones) is 1. The molecule has 3 rings (SSSR count). The molecule has 6 atom stereocenters. The molecule has 8 nitrogen and oxygen atoms in total. The number of esters is 1. The molecule has 2 aromatic carbocycles. The van der Waals surface area contributed by atoms with E-state index in [4.69, 9.17) is 4.74 Å². The Bertz CT molecular complexity index is 1170. The second-order valence-corrected chi connectivity index (χ2v) is 10.9. The lowest BCUT2D eigenvalue weighted by atomic mass is 9.94. The van der Waals surface area contributed by atoms with Crippen LogP contribution in [0.4, 0.5) is 0 Å². The van der Waals surface area contributed by atoms with E-state index in [1.54, 1.807) is 6.92 Å². The van der Waals surface area contributed by atoms with Gasteiger partial charge in [-0.3, -0.25) is 14.4 Å². The smallest absolute Gasteiger partial charge is 0.329 e. The quantitative estimate of drug-likeness (QED) is 0.440. The maximum atomic E-state index is 13.4. The lowest BCUT2D eigenvalue weighted by Crippen LogP contribution is -2.55. The lowest BCUT2D eigenvalue weighted by molar-refractivity contribution is -0.158. The van der Waals surface area contributed by atoms with Crippen LogP contribution >= 0.6 is 0 Å². The third-order valence-corrected chi connectivity index (χ3v) is 7.72. The predicted octanol–water partition coefficient (Wildman–Crippen LogP) is 4.04. The Labute approximate surface area is 231 Å². The number of benzene rings is 2. The largest absolute Gasteiger partial charge is 0.460 e. The summed E-state index contributed by atoms with van der Waals surface area (Å²) in [4.78, 5) is 53.0. The summed E-state index contributed by atoms with van der Waals surface area (Å²) in [6, 6.07) is 11.2. The van der Waals surface area contributed by atoms with Crippen LogP contribution in [0.25, 0.3) is 10.8 Å². The number of hydrogen-bond acceptors (Lipinski definition) is 5. The van der Waals surface area contributed by atoms with Crippen molar-refractivity contribution in [1.82, 2.24) is 16.0 Å². The summed E-state index contributed by atoms with van der Waals surface area (Å²) in [6.07, 6.45) is 2.87. The van der Waals surface area contributed by atoms with E-state index in [1.807, 2.05) is 63.2 Å². The molecule has 3 amide bonds. The highest BCUT2D eigenvalue weighted by atomic mass is 16.5. The van der Waals surface area contributed by atoms with Crippen molar-refractivity contribution in [1.29, 1.82) is 0 Å². The van der Waals surface area contributed by atoms with Gasteiger partial charge in [0.2, 0.25) is 17.7 Å². The number of hydrogen-bond donors (Lipinski definition) is 3. The molecule has 2 aromatic rings. The minimum absolute atomic E-state index is 0.0607. The first-order chi connectivity index (χ1) is 18.6. The predicted molar refractivity (Wildman–Crippen MR) is 152 cm³/mol. The molecule has 0 bridgehead atoms. The number of unbranched alkanes of at least 4 members (excludes halogenated alkanes) is 1. The fraction of sp³-hybridized carbons (Fsp3) is 0.548. The standard InChI is InChI=1S/C31H43N3O5/c1-6-8-11-20(4)26-18-27(35)33-25(17-22-14-15-23-12-9-10-13-24(23)16-22)30(37)32-21(5)29(36)34-28(19(3)7-2)31(38)39-26/h9-10,12-16,19-21,25-26,28H,6-8,11,17-18H2,1-5H3,(H,32,37)(H,33,35)(H,34,36)/t19-,20+,21+,25-,26+,28-/m1/s1. The van der Waals surface area contributed by atoms with Gasteiger partial charge in [-0.05, 0) is 41.5 Å². The first-order valence-corrected chi connectivity index (χ1v) is 14.2. The van der Waals surface area contributed by atoms with Crippen molar-refractivity contribution in [2.24, 2.45) is 11.8 Å². The van der Waals surface area contributed by atoms with Gasteiger partial charge in [-0.25, -0.2) is 4.79 Å². The van der Waals surface area contributed by atoms with Crippen molar-refractivity contribution in [3.63, 3.8) is 0 Å². The fourth-order valence-corrected chi connectivity index (χ4v) is 4.87. The lowest BCUT2D eigenvalue weighted by Gasteiger charge is -2.29. The minimum Gasteiger partial charge on any atom is -0.460 e. The molecule has 212 valence electrons. The van der Waals surface area contributed by atoms with Gasteiger partial charge in [0.1, 0.15) is 24.2 Å². The number of rotatable bonds is 8. The van der Waals surface area contributed by atoms with Crippen LogP contribution in [0.2, 0.25) is 0 Å². The molecule has 3 N–H and O–H groups in total. The van der Waals surface area contributed by atoms with Gasteiger partial charge in [-0.1, -0.05) is 89.4 Å². The van der Waals surface area contributed by atoms with E-state index in [-0.39, 0.29) is 30.6 Å². The van der Waals surface area contributed by atoms with Gasteiger partial charge in [-0.15, -0.1) is 0 Å². The van der Waals surface area contributed by atoms with Gasteiger partial charge < -0.3 is 20.7 Å². The number of ether oxygens (including phenoxy) is 1. The SMILES string of the molecule is CCCC[C@H](C)[C@@H]1CC(=O)N[C@H](Cc2ccc3ccccc3c2)C(=O)N[C@@H](C)C(=O)N[C@H]([C@H](C)CC)C(=O)O1. The third-order valence-electron chi connectivity index (χ3n) is 7.72. The van der Waals surface area contributed by atoms with Crippen molar-refractivity contribution in [3.05, 3.63) is 48.0 Å². The summed E-state index contributed by atoms with van der Waals surface area (Å²) in [7, 11) is 0. The van der Waals surface area contributed by atoms with Crippen LogP contribution in [0, 0.1) is 11.8 Å². The van der Waals surface area contributed by atoms with Crippen LogP contribution in [0.5, 0.6) is 0 Å². The van der Waals surface area contributed by atoms with Crippen LogP contribution in [0.15, 0.2) is 42.5 Å². The van der Waals surface area contributed by atoms with E-state index in [2.05, 4.69) is 22.9 Å². The second kappa shape index (κ2) is 14.1. The molecule has 0 unspecified atom stereocenters.